The van der Waals surface area contributed by atoms with Gasteiger partial charge in [-0.05, 0) is 34.1 Å². The van der Waals surface area contributed by atoms with Gasteiger partial charge in [0.25, 0.3) is 10.0 Å². The molecule has 2 rings (SSSR count). The molecule has 0 bridgehead atoms. The third kappa shape index (κ3) is 2.95. The maximum atomic E-state index is 12.5. The minimum absolute atomic E-state index is 0.180. The van der Waals surface area contributed by atoms with E-state index in [9.17, 15) is 8.42 Å². The summed E-state index contributed by atoms with van der Waals surface area (Å²) in [6, 6.07) is 8.27. The first-order chi connectivity index (χ1) is 9.36. The molecule has 4 nitrogen and oxygen atoms in total. The van der Waals surface area contributed by atoms with Crippen molar-refractivity contribution in [2.75, 3.05) is 18.5 Å². The van der Waals surface area contributed by atoms with Gasteiger partial charge in [0, 0.05) is 13.1 Å². The Morgan fingerprint density at radius 1 is 1.35 bits per heavy atom. The van der Waals surface area contributed by atoms with E-state index in [1.807, 2.05) is 0 Å². The molecular weight excluding hydrogens is 386 g/mol. The quantitative estimate of drug-likeness (QED) is 0.785. The van der Waals surface area contributed by atoms with E-state index in [4.69, 9.17) is 16.3 Å². The smallest absolute Gasteiger partial charge is 0.273 e. The van der Waals surface area contributed by atoms with Gasteiger partial charge < -0.3 is 4.74 Å². The van der Waals surface area contributed by atoms with Crippen molar-refractivity contribution in [3.63, 3.8) is 0 Å². The zero-order chi connectivity index (χ0) is 14.9. The van der Waals surface area contributed by atoms with Crippen LogP contribution in [0.15, 0.2) is 38.3 Å². The molecule has 0 saturated carbocycles. The zero-order valence-corrected chi connectivity index (χ0v) is 14.6. The molecule has 0 radical (unpaired) electrons. The first-order valence-corrected chi connectivity index (χ1v) is 8.87. The normalized spacial score (nSPS) is 11.4. The van der Waals surface area contributed by atoms with E-state index < -0.39 is 10.0 Å². The number of anilines is 1. The summed E-state index contributed by atoms with van der Waals surface area (Å²) in [4.78, 5) is 0. The summed E-state index contributed by atoms with van der Waals surface area (Å²) in [5.41, 5.74) is 0.519. The maximum absolute atomic E-state index is 12.5. The second-order valence-electron chi connectivity index (χ2n) is 3.86. The van der Waals surface area contributed by atoms with E-state index in [0.717, 1.165) is 11.3 Å². The molecule has 108 valence electrons. The zero-order valence-electron chi connectivity index (χ0n) is 10.6. The van der Waals surface area contributed by atoms with Crippen LogP contribution in [0.4, 0.5) is 5.69 Å². The van der Waals surface area contributed by atoms with Crippen LogP contribution in [-0.2, 0) is 10.0 Å². The third-order valence-corrected chi connectivity index (χ3v) is 7.36. The molecule has 0 amide bonds. The van der Waals surface area contributed by atoms with Gasteiger partial charge in [0.1, 0.15) is 9.96 Å². The summed E-state index contributed by atoms with van der Waals surface area (Å²) in [6.07, 6.45) is 0. The molecule has 1 aromatic heterocycles. The van der Waals surface area contributed by atoms with E-state index in [-0.39, 0.29) is 4.21 Å². The van der Waals surface area contributed by atoms with Gasteiger partial charge in [-0.3, -0.25) is 4.31 Å². The lowest BCUT2D eigenvalue weighted by Gasteiger charge is -2.18. The lowest BCUT2D eigenvalue weighted by molar-refractivity contribution is 0.415. The molecule has 0 aliphatic carbocycles. The maximum Gasteiger partial charge on any atom is 0.273 e. The van der Waals surface area contributed by atoms with Crippen LogP contribution in [-0.4, -0.2) is 22.6 Å². The molecule has 0 spiro atoms. The van der Waals surface area contributed by atoms with Gasteiger partial charge in [-0.15, -0.1) is 11.3 Å². The molecule has 8 heteroatoms. The number of rotatable bonds is 4. The Bertz CT molecular complexity index is 711. The van der Waals surface area contributed by atoms with E-state index in [2.05, 4.69) is 15.9 Å². The van der Waals surface area contributed by atoms with Crippen LogP contribution in [0.3, 0.4) is 0 Å². The molecule has 20 heavy (non-hydrogen) atoms. The highest BCUT2D eigenvalue weighted by Crippen LogP contribution is 2.36. The molecule has 0 fully saturated rings. The fraction of sp³-hybridized carbons (Fsp3) is 0.167. The number of nitrogens with zero attached hydrogens (tertiary/aromatic N) is 1. The molecule has 0 saturated heterocycles. The van der Waals surface area contributed by atoms with Gasteiger partial charge >= 0.3 is 0 Å². The summed E-state index contributed by atoms with van der Waals surface area (Å²) in [5, 5.41) is 0.382. The van der Waals surface area contributed by atoms with Gasteiger partial charge in [0.05, 0.1) is 21.6 Å². The Balaban J connectivity index is 2.42. The van der Waals surface area contributed by atoms with Gasteiger partial charge in [-0.2, -0.15) is 0 Å². The van der Waals surface area contributed by atoms with Crippen LogP contribution in [0.2, 0.25) is 5.02 Å². The highest BCUT2D eigenvalue weighted by molar-refractivity contribution is 9.11. The highest BCUT2D eigenvalue weighted by atomic mass is 79.9. The van der Waals surface area contributed by atoms with Crippen molar-refractivity contribution in [1.82, 2.24) is 0 Å². The largest absolute Gasteiger partial charge is 0.497 e. The first-order valence-electron chi connectivity index (χ1n) is 5.44. The van der Waals surface area contributed by atoms with E-state index in [1.165, 1.54) is 24.5 Å². The molecule has 1 aromatic carbocycles. The summed E-state index contributed by atoms with van der Waals surface area (Å²) in [6.45, 7) is 0. The van der Waals surface area contributed by atoms with Crippen molar-refractivity contribution in [2.45, 2.75) is 4.21 Å². The van der Waals surface area contributed by atoms with Gasteiger partial charge in [-0.1, -0.05) is 17.7 Å². The standard InChI is InChI=1S/C12H11BrClNO3S2/c1-15(8-4-3-5-9(6-8)18-2)20(16,17)11-7-10(14)12(13)19-11/h3-7H,1-2H3. The van der Waals surface area contributed by atoms with Crippen molar-refractivity contribution < 1.29 is 13.2 Å². The lowest BCUT2D eigenvalue weighted by atomic mass is 10.3. The molecule has 0 aliphatic heterocycles. The van der Waals surface area contributed by atoms with E-state index in [1.54, 1.807) is 24.3 Å². The van der Waals surface area contributed by atoms with Crippen LogP contribution in [0, 0.1) is 0 Å². The molecule has 1 heterocycles. The Kier molecular flexibility index (Phi) is 4.63. The number of benzene rings is 1. The fourth-order valence-corrected chi connectivity index (χ4v) is 5.29. The number of thiophene rings is 1. The van der Waals surface area contributed by atoms with Crippen LogP contribution in [0.25, 0.3) is 0 Å². The van der Waals surface area contributed by atoms with E-state index >= 15 is 0 Å². The molecule has 0 unspecified atom stereocenters. The monoisotopic (exact) mass is 395 g/mol. The Labute approximate surface area is 135 Å². The Hall–Kier alpha value is -0.760. The second-order valence-corrected chi connectivity index (χ2v) is 8.83. The molecule has 0 aliphatic rings. The predicted octanol–water partition coefficient (Wildman–Crippen LogP) is 4.00. The minimum Gasteiger partial charge on any atom is -0.497 e. The first kappa shape index (κ1) is 15.6. The van der Waals surface area contributed by atoms with Crippen LogP contribution in [0.5, 0.6) is 5.75 Å². The third-order valence-electron chi connectivity index (χ3n) is 2.65. The summed E-state index contributed by atoms with van der Waals surface area (Å²) >= 11 is 10.2. The minimum atomic E-state index is -3.64. The van der Waals surface area contributed by atoms with Crippen LogP contribution in [0.1, 0.15) is 0 Å². The molecule has 2 aromatic rings. The van der Waals surface area contributed by atoms with Crippen molar-refractivity contribution in [3.8, 4) is 5.75 Å². The average molecular weight is 397 g/mol. The molecular formula is C12H11BrClNO3S2. The van der Waals surface area contributed by atoms with Crippen LogP contribution >= 0.6 is 38.9 Å². The number of hydrogen-bond donors (Lipinski definition) is 0. The van der Waals surface area contributed by atoms with Crippen LogP contribution < -0.4 is 9.04 Å². The lowest BCUT2D eigenvalue weighted by Crippen LogP contribution is -2.25. The topological polar surface area (TPSA) is 46.6 Å². The number of ether oxygens (including phenoxy) is 1. The second kappa shape index (κ2) is 5.93. The number of hydrogen-bond acceptors (Lipinski definition) is 4. The van der Waals surface area contributed by atoms with Gasteiger partial charge in [-0.25, -0.2) is 8.42 Å². The van der Waals surface area contributed by atoms with Crippen molar-refractivity contribution >= 4 is 54.6 Å². The number of methoxy groups -OCH3 is 1. The fourth-order valence-electron chi connectivity index (χ4n) is 1.53. The molecule has 0 N–H and O–H groups in total. The summed E-state index contributed by atoms with van der Waals surface area (Å²) in [5.74, 6) is 0.593. The van der Waals surface area contributed by atoms with Crippen molar-refractivity contribution in [3.05, 3.63) is 39.1 Å². The summed E-state index contributed by atoms with van der Waals surface area (Å²) in [7, 11) is -0.614. The number of halogens is 2. The highest BCUT2D eigenvalue weighted by Gasteiger charge is 2.24. The number of sulfonamides is 1. The summed E-state index contributed by atoms with van der Waals surface area (Å²) < 4.78 is 32.1. The van der Waals surface area contributed by atoms with Crippen molar-refractivity contribution in [2.24, 2.45) is 0 Å². The van der Waals surface area contributed by atoms with Gasteiger partial charge in [0.2, 0.25) is 0 Å². The Morgan fingerprint density at radius 2 is 2.05 bits per heavy atom. The van der Waals surface area contributed by atoms with Gasteiger partial charge in [0.15, 0.2) is 0 Å². The van der Waals surface area contributed by atoms with Crippen molar-refractivity contribution in [1.29, 1.82) is 0 Å². The predicted molar refractivity (Wildman–Crippen MR) is 85.6 cm³/mol. The van der Waals surface area contributed by atoms with E-state index in [0.29, 0.717) is 20.2 Å². The SMILES string of the molecule is COc1cccc(N(C)S(=O)(=O)c2cc(Cl)c(Br)s2)c1. The average Bonchev–Trinajstić information content (AvgIpc) is 2.78. The molecule has 0 atom stereocenters. The Morgan fingerprint density at radius 3 is 2.60 bits per heavy atom.